The number of amides is 2. The Bertz CT molecular complexity index is 775. The minimum atomic E-state index is -0.318. The molecular formula is C21H31N5O2. The molecule has 5 rings (SSSR count). The number of hydrogen-bond donors (Lipinski definition) is 2. The fourth-order valence-corrected chi connectivity index (χ4v) is 6.04. The molecule has 2 amide bonds. The van der Waals surface area contributed by atoms with Crippen LogP contribution in [0.4, 0.5) is 0 Å². The minimum absolute atomic E-state index is 0.0833. The zero-order valence-corrected chi connectivity index (χ0v) is 16.7. The van der Waals surface area contributed by atoms with E-state index in [1.54, 1.807) is 0 Å². The van der Waals surface area contributed by atoms with Crippen LogP contribution in [-0.4, -0.2) is 64.0 Å². The number of carbonyl (C=O) groups excluding carboxylic acids is 2. The second-order valence-electron chi connectivity index (χ2n) is 9.15. The zero-order valence-electron chi connectivity index (χ0n) is 16.7. The molecule has 0 radical (unpaired) electrons. The van der Waals surface area contributed by atoms with E-state index >= 15 is 0 Å². The highest BCUT2D eigenvalue weighted by Gasteiger charge is 2.51. The fourth-order valence-electron chi connectivity index (χ4n) is 6.04. The van der Waals surface area contributed by atoms with Crippen molar-refractivity contribution in [3.05, 3.63) is 17.0 Å². The van der Waals surface area contributed by atoms with Gasteiger partial charge >= 0.3 is 0 Å². The van der Waals surface area contributed by atoms with Crippen molar-refractivity contribution in [1.29, 1.82) is 0 Å². The molecule has 4 heterocycles. The number of hydrogen-bond acceptors (Lipinski definition) is 4. The molecule has 3 saturated heterocycles. The van der Waals surface area contributed by atoms with Crippen LogP contribution in [0.3, 0.4) is 0 Å². The number of likely N-dealkylation sites (N-methyl/N-ethyl adjacent to an activating group) is 1. The number of aryl methyl sites for hydroxylation is 1. The summed E-state index contributed by atoms with van der Waals surface area (Å²) in [4.78, 5) is 30.2. The monoisotopic (exact) mass is 385 g/mol. The average molecular weight is 386 g/mol. The summed E-state index contributed by atoms with van der Waals surface area (Å²) < 4.78 is 0. The average Bonchev–Trinajstić information content (AvgIpc) is 3.12. The van der Waals surface area contributed by atoms with Gasteiger partial charge in [-0.25, -0.2) is 0 Å². The maximum atomic E-state index is 13.6. The van der Waals surface area contributed by atoms with Crippen LogP contribution in [0.2, 0.25) is 0 Å². The molecule has 2 bridgehead atoms. The Morgan fingerprint density at radius 1 is 1.18 bits per heavy atom. The molecule has 1 aromatic rings. The minimum Gasteiger partial charge on any atom is -0.338 e. The number of fused-ring (bicyclic) bond motifs is 5. The number of piperidine rings is 3. The molecule has 3 aliphatic heterocycles. The molecule has 4 atom stereocenters. The van der Waals surface area contributed by atoms with Crippen LogP contribution in [0.5, 0.6) is 0 Å². The van der Waals surface area contributed by atoms with E-state index in [1.807, 2.05) is 16.8 Å². The van der Waals surface area contributed by atoms with Gasteiger partial charge in [0.15, 0.2) is 0 Å². The summed E-state index contributed by atoms with van der Waals surface area (Å²) in [6.45, 7) is 2.33. The molecule has 7 heteroatoms. The molecule has 0 saturated carbocycles. The molecule has 4 aliphatic rings. The van der Waals surface area contributed by atoms with E-state index in [4.69, 9.17) is 0 Å². The highest BCUT2D eigenvalue weighted by Crippen LogP contribution is 2.40. The van der Waals surface area contributed by atoms with E-state index in [2.05, 4.69) is 15.5 Å². The van der Waals surface area contributed by atoms with Crippen molar-refractivity contribution in [2.45, 2.75) is 70.0 Å². The number of aromatic amines is 1. The molecule has 28 heavy (non-hydrogen) atoms. The van der Waals surface area contributed by atoms with Crippen molar-refractivity contribution in [2.75, 3.05) is 20.1 Å². The predicted octanol–water partition coefficient (Wildman–Crippen LogP) is 1.24. The Balaban J connectivity index is 1.38. The molecular weight excluding hydrogens is 354 g/mol. The first-order valence-electron chi connectivity index (χ1n) is 11.0. The highest BCUT2D eigenvalue weighted by molar-refractivity contribution is 5.89. The van der Waals surface area contributed by atoms with Crippen LogP contribution in [0, 0.1) is 11.8 Å². The van der Waals surface area contributed by atoms with Gasteiger partial charge < -0.3 is 15.1 Å². The van der Waals surface area contributed by atoms with E-state index < -0.39 is 0 Å². The van der Waals surface area contributed by atoms with Gasteiger partial charge in [0.25, 0.3) is 0 Å². The Labute approximate surface area is 166 Å². The van der Waals surface area contributed by atoms with Gasteiger partial charge in [-0.1, -0.05) is 0 Å². The summed E-state index contributed by atoms with van der Waals surface area (Å²) in [5.41, 5.74) is 3.55. The van der Waals surface area contributed by atoms with Gasteiger partial charge in [0.2, 0.25) is 11.8 Å². The molecule has 0 aromatic carbocycles. The van der Waals surface area contributed by atoms with Gasteiger partial charge in [-0.2, -0.15) is 5.10 Å². The summed E-state index contributed by atoms with van der Waals surface area (Å²) >= 11 is 0. The number of nitrogens with one attached hydrogen (secondary N) is 2. The number of carbonyl (C=O) groups is 2. The van der Waals surface area contributed by atoms with E-state index in [0.717, 1.165) is 50.9 Å². The normalized spacial score (nSPS) is 31.9. The first-order valence-corrected chi connectivity index (χ1v) is 11.0. The molecule has 0 spiro atoms. The van der Waals surface area contributed by atoms with E-state index in [-0.39, 0.29) is 29.8 Å². The largest absolute Gasteiger partial charge is 0.338 e. The predicted molar refractivity (Wildman–Crippen MR) is 104 cm³/mol. The third kappa shape index (κ3) is 2.95. The lowest BCUT2D eigenvalue weighted by Gasteiger charge is -2.54. The van der Waals surface area contributed by atoms with Crippen LogP contribution in [0.15, 0.2) is 0 Å². The number of aromatic nitrogens is 2. The van der Waals surface area contributed by atoms with Crippen molar-refractivity contribution in [3.63, 3.8) is 0 Å². The van der Waals surface area contributed by atoms with Crippen LogP contribution in [0.25, 0.3) is 0 Å². The second kappa shape index (κ2) is 7.17. The molecule has 1 aliphatic carbocycles. The second-order valence-corrected chi connectivity index (χ2v) is 9.15. The first-order chi connectivity index (χ1) is 13.6. The Morgan fingerprint density at radius 3 is 2.89 bits per heavy atom. The summed E-state index contributed by atoms with van der Waals surface area (Å²) in [6.07, 6.45) is 8.14. The summed E-state index contributed by atoms with van der Waals surface area (Å²) in [6, 6.07) is -0.0904. The molecule has 2 N–H and O–H groups in total. The van der Waals surface area contributed by atoms with Crippen molar-refractivity contribution >= 4 is 11.8 Å². The molecule has 3 fully saturated rings. The van der Waals surface area contributed by atoms with Crippen LogP contribution < -0.4 is 5.32 Å². The SMILES string of the molecule is CN(Cc1n[nH]c2c1CCCC2)C(=O)[C@H]1[C@@H]2CNC[C@@H](C2)[C@@H]2CCCC(=O)N21. The zero-order chi connectivity index (χ0) is 19.3. The quantitative estimate of drug-likeness (QED) is 0.820. The smallest absolute Gasteiger partial charge is 0.245 e. The lowest BCUT2D eigenvalue weighted by Crippen LogP contribution is -2.68. The van der Waals surface area contributed by atoms with Gasteiger partial charge in [-0.05, 0) is 63.0 Å². The Hall–Kier alpha value is -1.89. The van der Waals surface area contributed by atoms with Gasteiger partial charge in [0.05, 0.1) is 12.2 Å². The summed E-state index contributed by atoms with van der Waals surface area (Å²) in [5, 5.41) is 11.2. The maximum Gasteiger partial charge on any atom is 0.245 e. The van der Waals surface area contributed by atoms with E-state index in [0.29, 0.717) is 18.9 Å². The summed E-state index contributed by atoms with van der Waals surface area (Å²) in [7, 11) is 1.87. The first kappa shape index (κ1) is 18.2. The van der Waals surface area contributed by atoms with E-state index in [1.165, 1.54) is 24.1 Å². The third-order valence-electron chi connectivity index (χ3n) is 7.40. The third-order valence-corrected chi connectivity index (χ3v) is 7.40. The van der Waals surface area contributed by atoms with Crippen LogP contribution in [0.1, 0.15) is 55.5 Å². The van der Waals surface area contributed by atoms with Crippen molar-refractivity contribution in [3.8, 4) is 0 Å². The molecule has 1 aromatic heterocycles. The van der Waals surface area contributed by atoms with Crippen LogP contribution in [-0.2, 0) is 29.0 Å². The topological polar surface area (TPSA) is 81.3 Å². The highest BCUT2D eigenvalue weighted by atomic mass is 16.2. The fraction of sp³-hybridized carbons (Fsp3) is 0.762. The van der Waals surface area contributed by atoms with Crippen molar-refractivity contribution in [1.82, 2.24) is 25.3 Å². The van der Waals surface area contributed by atoms with Gasteiger partial charge in [-0.15, -0.1) is 0 Å². The van der Waals surface area contributed by atoms with Crippen molar-refractivity contribution < 1.29 is 9.59 Å². The lowest BCUT2D eigenvalue weighted by molar-refractivity contribution is -0.161. The van der Waals surface area contributed by atoms with Gasteiger partial charge in [0, 0.05) is 37.7 Å². The number of nitrogens with zero attached hydrogens (tertiary/aromatic N) is 3. The Morgan fingerprint density at radius 2 is 2.00 bits per heavy atom. The maximum absolute atomic E-state index is 13.6. The van der Waals surface area contributed by atoms with Gasteiger partial charge in [0.1, 0.15) is 6.04 Å². The lowest BCUT2D eigenvalue weighted by atomic mass is 9.72. The number of H-pyrrole nitrogens is 1. The molecule has 0 unspecified atom stereocenters. The van der Waals surface area contributed by atoms with E-state index in [9.17, 15) is 9.59 Å². The van der Waals surface area contributed by atoms with Crippen molar-refractivity contribution in [2.24, 2.45) is 11.8 Å². The van der Waals surface area contributed by atoms with Gasteiger partial charge in [-0.3, -0.25) is 14.7 Å². The Kier molecular flexibility index (Phi) is 4.65. The van der Waals surface area contributed by atoms with Crippen LogP contribution >= 0.6 is 0 Å². The molecule has 152 valence electrons. The standard InChI is InChI=1S/C21H31N5O2/c1-25(12-17-15-5-2-3-6-16(15)23-24-17)21(28)20-14-9-13(10-22-11-14)18-7-4-8-19(27)26(18)20/h13-14,18,20,22H,2-12H2,1H3,(H,23,24)/t13-,14+,18+,20-/m1/s1. The summed E-state index contributed by atoms with van der Waals surface area (Å²) in [5.74, 6) is 0.979. The molecule has 7 nitrogen and oxygen atoms in total. The number of rotatable bonds is 3.